The third-order valence-electron chi connectivity index (χ3n) is 2.77. The van der Waals surface area contributed by atoms with Crippen molar-refractivity contribution in [1.29, 1.82) is 0 Å². The summed E-state index contributed by atoms with van der Waals surface area (Å²) in [6.07, 6.45) is 5.96. The van der Waals surface area contributed by atoms with Crippen molar-refractivity contribution in [3.05, 3.63) is 52.4 Å². The molecule has 1 atom stereocenters. The molecule has 0 aliphatic carbocycles. The second-order valence-corrected chi connectivity index (χ2v) is 4.95. The van der Waals surface area contributed by atoms with E-state index in [1.165, 1.54) is 0 Å². The summed E-state index contributed by atoms with van der Waals surface area (Å²) in [4.78, 5) is 8.33. The average molecular weight is 323 g/mol. The number of nitrogens with two attached hydrogens (primary N) is 1. The first-order valence-corrected chi connectivity index (χ1v) is 6.58. The summed E-state index contributed by atoms with van der Waals surface area (Å²) in [6, 6.07) is 5.74. The van der Waals surface area contributed by atoms with Gasteiger partial charge in [0.15, 0.2) is 0 Å². The fourth-order valence-electron chi connectivity index (χ4n) is 1.90. The average Bonchev–Trinajstić information content (AvgIpc) is 2.45. The molecular weight excluding hydrogens is 308 g/mol. The Balaban J connectivity index is 2.25. The number of hydrazine groups is 1. The minimum absolute atomic E-state index is 0.0836. The molecule has 0 aromatic carbocycles. The lowest BCUT2D eigenvalue weighted by Crippen LogP contribution is -2.30. The normalized spacial score (nSPS) is 12.2. The van der Waals surface area contributed by atoms with Crippen LogP contribution in [-0.4, -0.2) is 17.1 Å². The van der Waals surface area contributed by atoms with Gasteiger partial charge in [-0.2, -0.15) is 0 Å². The highest BCUT2D eigenvalue weighted by Crippen LogP contribution is 2.25. The Hall–Kier alpha value is -1.50. The Labute approximate surface area is 120 Å². The van der Waals surface area contributed by atoms with E-state index in [-0.39, 0.29) is 6.04 Å². The van der Waals surface area contributed by atoms with Gasteiger partial charge in [0.2, 0.25) is 5.88 Å². The van der Waals surface area contributed by atoms with E-state index in [4.69, 9.17) is 10.6 Å². The first kappa shape index (κ1) is 13.9. The lowest BCUT2D eigenvalue weighted by molar-refractivity contribution is 0.382. The van der Waals surface area contributed by atoms with Gasteiger partial charge in [0.25, 0.3) is 0 Å². The van der Waals surface area contributed by atoms with E-state index in [0.717, 1.165) is 15.6 Å². The zero-order chi connectivity index (χ0) is 13.7. The van der Waals surface area contributed by atoms with Crippen molar-refractivity contribution in [3.63, 3.8) is 0 Å². The van der Waals surface area contributed by atoms with Crippen LogP contribution in [0.15, 0.2) is 41.3 Å². The minimum Gasteiger partial charge on any atom is -0.481 e. The van der Waals surface area contributed by atoms with Gasteiger partial charge in [-0.15, -0.1) is 0 Å². The van der Waals surface area contributed by atoms with Crippen molar-refractivity contribution >= 4 is 15.9 Å². The number of nitrogens with one attached hydrogen (secondary N) is 1. The Morgan fingerprint density at radius 3 is 3.00 bits per heavy atom. The van der Waals surface area contributed by atoms with Gasteiger partial charge in [-0.05, 0) is 40.0 Å². The van der Waals surface area contributed by atoms with Crippen LogP contribution in [0.2, 0.25) is 0 Å². The molecule has 100 valence electrons. The van der Waals surface area contributed by atoms with E-state index in [1.807, 2.05) is 24.4 Å². The number of hydrogen-bond acceptors (Lipinski definition) is 5. The highest BCUT2D eigenvalue weighted by Gasteiger charge is 2.16. The second-order valence-electron chi connectivity index (χ2n) is 4.04. The molecule has 0 saturated heterocycles. The summed E-state index contributed by atoms with van der Waals surface area (Å²) in [5.41, 5.74) is 4.79. The summed E-state index contributed by atoms with van der Waals surface area (Å²) in [5, 5.41) is 0. The highest BCUT2D eigenvalue weighted by atomic mass is 79.9. The molecule has 19 heavy (non-hydrogen) atoms. The van der Waals surface area contributed by atoms with E-state index in [1.54, 1.807) is 19.5 Å². The van der Waals surface area contributed by atoms with E-state index in [0.29, 0.717) is 12.3 Å². The maximum atomic E-state index is 5.65. The third-order valence-corrected chi connectivity index (χ3v) is 3.21. The smallest absolute Gasteiger partial charge is 0.217 e. The quantitative estimate of drug-likeness (QED) is 0.650. The summed E-state index contributed by atoms with van der Waals surface area (Å²) in [6.45, 7) is 0. The number of nitrogens with zero attached hydrogens (tertiary/aromatic N) is 2. The van der Waals surface area contributed by atoms with E-state index >= 15 is 0 Å². The molecule has 0 radical (unpaired) electrons. The number of pyridine rings is 2. The summed E-state index contributed by atoms with van der Waals surface area (Å²) in [5.74, 6) is 6.23. The first-order chi connectivity index (χ1) is 9.24. The van der Waals surface area contributed by atoms with Gasteiger partial charge in [0, 0.05) is 28.6 Å². The SMILES string of the molecule is COc1ncccc1C(Cc1cncc(Br)c1)NN. The van der Waals surface area contributed by atoms with Gasteiger partial charge in [0.05, 0.1) is 13.2 Å². The third kappa shape index (κ3) is 3.50. The standard InChI is InChI=1S/C13H15BrN4O/c1-19-13-11(3-2-4-17-13)12(18-15)6-9-5-10(14)8-16-7-9/h2-5,7-8,12,18H,6,15H2,1H3. The van der Waals surface area contributed by atoms with Gasteiger partial charge in [0.1, 0.15) is 0 Å². The van der Waals surface area contributed by atoms with Crippen molar-refractivity contribution in [2.75, 3.05) is 7.11 Å². The number of aromatic nitrogens is 2. The monoisotopic (exact) mass is 322 g/mol. The largest absolute Gasteiger partial charge is 0.481 e. The van der Waals surface area contributed by atoms with E-state index < -0.39 is 0 Å². The molecule has 2 rings (SSSR count). The van der Waals surface area contributed by atoms with Crippen LogP contribution >= 0.6 is 15.9 Å². The zero-order valence-electron chi connectivity index (χ0n) is 10.5. The molecule has 0 aliphatic heterocycles. The highest BCUT2D eigenvalue weighted by molar-refractivity contribution is 9.10. The second kappa shape index (κ2) is 6.60. The molecule has 0 saturated carbocycles. The van der Waals surface area contributed by atoms with Crippen LogP contribution in [0.1, 0.15) is 17.2 Å². The topological polar surface area (TPSA) is 73.1 Å². The van der Waals surface area contributed by atoms with Crippen LogP contribution in [0.5, 0.6) is 5.88 Å². The van der Waals surface area contributed by atoms with Crippen molar-refractivity contribution in [1.82, 2.24) is 15.4 Å². The predicted octanol–water partition coefficient (Wildman–Crippen LogP) is 1.99. The maximum absolute atomic E-state index is 5.65. The van der Waals surface area contributed by atoms with Crippen molar-refractivity contribution in [3.8, 4) is 5.88 Å². The van der Waals surface area contributed by atoms with Gasteiger partial charge in [-0.3, -0.25) is 16.3 Å². The molecule has 0 aliphatic rings. The molecule has 0 fully saturated rings. The van der Waals surface area contributed by atoms with Crippen LogP contribution in [0, 0.1) is 0 Å². The maximum Gasteiger partial charge on any atom is 0.217 e. The summed E-state index contributed by atoms with van der Waals surface area (Å²) in [7, 11) is 1.60. The molecular formula is C13H15BrN4O. The van der Waals surface area contributed by atoms with Crippen LogP contribution in [0.4, 0.5) is 0 Å². The lowest BCUT2D eigenvalue weighted by Gasteiger charge is -2.18. The van der Waals surface area contributed by atoms with Crippen LogP contribution < -0.4 is 16.0 Å². The van der Waals surface area contributed by atoms with Crippen LogP contribution in [0.25, 0.3) is 0 Å². The molecule has 2 aromatic rings. The Kier molecular flexibility index (Phi) is 4.84. The Morgan fingerprint density at radius 2 is 2.32 bits per heavy atom. The molecule has 5 nitrogen and oxygen atoms in total. The summed E-state index contributed by atoms with van der Waals surface area (Å²) >= 11 is 3.41. The number of methoxy groups -OCH3 is 1. The number of ether oxygens (including phenoxy) is 1. The lowest BCUT2D eigenvalue weighted by atomic mass is 10.0. The number of halogens is 1. The Bertz CT molecular complexity index is 550. The summed E-state index contributed by atoms with van der Waals surface area (Å²) < 4.78 is 6.20. The van der Waals surface area contributed by atoms with Crippen LogP contribution in [-0.2, 0) is 6.42 Å². The van der Waals surface area contributed by atoms with Crippen molar-refractivity contribution in [2.24, 2.45) is 5.84 Å². The van der Waals surface area contributed by atoms with E-state index in [9.17, 15) is 0 Å². The molecule has 3 N–H and O–H groups in total. The molecule has 6 heteroatoms. The Morgan fingerprint density at radius 1 is 1.47 bits per heavy atom. The fraction of sp³-hybridized carbons (Fsp3) is 0.231. The minimum atomic E-state index is -0.0836. The van der Waals surface area contributed by atoms with Gasteiger partial charge >= 0.3 is 0 Å². The molecule has 0 spiro atoms. The number of hydrogen-bond donors (Lipinski definition) is 2. The van der Waals surface area contributed by atoms with Crippen molar-refractivity contribution in [2.45, 2.75) is 12.5 Å². The van der Waals surface area contributed by atoms with Gasteiger partial charge in [-0.1, -0.05) is 6.07 Å². The van der Waals surface area contributed by atoms with E-state index in [2.05, 4.69) is 31.3 Å². The predicted molar refractivity (Wildman–Crippen MR) is 76.5 cm³/mol. The molecule has 1 unspecified atom stereocenters. The van der Waals surface area contributed by atoms with Gasteiger partial charge < -0.3 is 4.74 Å². The fourth-order valence-corrected chi connectivity index (χ4v) is 2.31. The first-order valence-electron chi connectivity index (χ1n) is 5.79. The van der Waals surface area contributed by atoms with Gasteiger partial charge in [-0.25, -0.2) is 4.98 Å². The van der Waals surface area contributed by atoms with Crippen molar-refractivity contribution < 1.29 is 4.74 Å². The molecule has 2 heterocycles. The number of rotatable bonds is 5. The van der Waals surface area contributed by atoms with Crippen LogP contribution in [0.3, 0.4) is 0 Å². The molecule has 2 aromatic heterocycles. The molecule has 0 bridgehead atoms. The zero-order valence-corrected chi connectivity index (χ0v) is 12.1. The molecule has 0 amide bonds.